The molecule has 3 rings (SSSR count). The Kier molecular flexibility index (Phi) is 4.53. The van der Waals surface area contributed by atoms with Crippen LogP contribution in [0.15, 0.2) is 53.4 Å². The molecule has 0 aliphatic carbocycles. The molecule has 1 atom stereocenters. The molecule has 1 unspecified atom stereocenters. The molecule has 0 amide bonds. The Bertz CT molecular complexity index is 709. The second-order valence-corrected chi connectivity index (χ2v) is 6.96. The minimum atomic E-state index is -0.185. The highest BCUT2D eigenvalue weighted by molar-refractivity contribution is 7.99. The number of nitrogens with zero attached hydrogens (tertiary/aromatic N) is 1. The summed E-state index contributed by atoms with van der Waals surface area (Å²) in [5.74, 6) is 0.492. The second kappa shape index (κ2) is 6.56. The number of thiazole rings is 1. The molecule has 0 saturated carbocycles. The van der Waals surface area contributed by atoms with Crippen molar-refractivity contribution in [2.24, 2.45) is 5.73 Å². The molecule has 1 aromatic heterocycles. The monoisotopic (exact) mass is 318 g/mol. The minimum Gasteiger partial charge on any atom is -0.327 e. The van der Waals surface area contributed by atoms with E-state index < -0.39 is 0 Å². The normalized spacial score (nSPS) is 12.7. The molecule has 108 valence electrons. The lowest BCUT2D eigenvalue weighted by Crippen LogP contribution is -2.25. The molecule has 0 aliphatic heterocycles. The SMILES string of the molecule is NC(CSc1ccccc1F)Cc1nc2ccccc2s1. The first-order valence-corrected chi connectivity index (χ1v) is 8.50. The molecule has 0 spiro atoms. The zero-order valence-electron chi connectivity index (χ0n) is 11.3. The highest BCUT2D eigenvalue weighted by Crippen LogP contribution is 2.25. The molecule has 0 fully saturated rings. The Hall–Kier alpha value is -1.43. The predicted molar refractivity (Wildman–Crippen MR) is 88.4 cm³/mol. The van der Waals surface area contributed by atoms with Gasteiger partial charge >= 0.3 is 0 Å². The van der Waals surface area contributed by atoms with Crippen molar-refractivity contribution in [2.75, 3.05) is 5.75 Å². The van der Waals surface area contributed by atoms with E-state index in [1.54, 1.807) is 23.5 Å². The summed E-state index contributed by atoms with van der Waals surface area (Å²) >= 11 is 3.13. The van der Waals surface area contributed by atoms with Crippen LogP contribution in [0, 0.1) is 5.82 Å². The van der Waals surface area contributed by atoms with Crippen LogP contribution in [0.25, 0.3) is 10.2 Å². The van der Waals surface area contributed by atoms with Crippen molar-refractivity contribution in [3.05, 3.63) is 59.4 Å². The van der Waals surface area contributed by atoms with Crippen LogP contribution in [0.3, 0.4) is 0 Å². The van der Waals surface area contributed by atoms with E-state index in [0.29, 0.717) is 10.6 Å². The van der Waals surface area contributed by atoms with Crippen LogP contribution in [0.1, 0.15) is 5.01 Å². The molecule has 0 bridgehead atoms. The molecule has 5 heteroatoms. The lowest BCUT2D eigenvalue weighted by Gasteiger charge is -2.09. The van der Waals surface area contributed by atoms with Crippen LogP contribution in [0.5, 0.6) is 0 Å². The fourth-order valence-corrected chi connectivity index (χ4v) is 4.00. The lowest BCUT2D eigenvalue weighted by molar-refractivity contribution is 0.601. The molecule has 0 aliphatic rings. The second-order valence-electron chi connectivity index (χ2n) is 4.78. The number of hydrogen-bond donors (Lipinski definition) is 1. The Morgan fingerprint density at radius 3 is 2.71 bits per heavy atom. The largest absolute Gasteiger partial charge is 0.327 e. The molecule has 0 radical (unpaired) electrons. The maximum absolute atomic E-state index is 13.5. The zero-order chi connectivity index (χ0) is 14.7. The van der Waals surface area contributed by atoms with Crippen molar-refractivity contribution in [1.29, 1.82) is 0 Å². The Labute approximate surface area is 131 Å². The van der Waals surface area contributed by atoms with Gasteiger partial charge in [0.05, 0.1) is 15.2 Å². The number of hydrogen-bond acceptors (Lipinski definition) is 4. The van der Waals surface area contributed by atoms with Gasteiger partial charge in [-0.05, 0) is 24.3 Å². The molecule has 0 saturated heterocycles. The number of nitrogens with two attached hydrogens (primary N) is 1. The number of benzene rings is 2. The van der Waals surface area contributed by atoms with Gasteiger partial charge in [-0.2, -0.15) is 0 Å². The number of aromatic nitrogens is 1. The van der Waals surface area contributed by atoms with E-state index in [-0.39, 0.29) is 11.9 Å². The third kappa shape index (κ3) is 3.61. The van der Waals surface area contributed by atoms with Gasteiger partial charge in [0.2, 0.25) is 0 Å². The first kappa shape index (κ1) is 14.5. The van der Waals surface area contributed by atoms with Crippen LogP contribution in [-0.4, -0.2) is 16.8 Å². The molecule has 21 heavy (non-hydrogen) atoms. The highest BCUT2D eigenvalue weighted by atomic mass is 32.2. The molecule has 2 N–H and O–H groups in total. The van der Waals surface area contributed by atoms with Crippen molar-refractivity contribution in [3.63, 3.8) is 0 Å². The summed E-state index contributed by atoms with van der Waals surface area (Å²) in [6, 6.07) is 14.8. The lowest BCUT2D eigenvalue weighted by atomic mass is 10.2. The Morgan fingerprint density at radius 1 is 1.14 bits per heavy atom. The van der Waals surface area contributed by atoms with Crippen molar-refractivity contribution in [2.45, 2.75) is 17.4 Å². The van der Waals surface area contributed by atoms with Gasteiger partial charge in [-0.15, -0.1) is 23.1 Å². The summed E-state index contributed by atoms with van der Waals surface area (Å²) in [5.41, 5.74) is 7.17. The fourth-order valence-electron chi connectivity index (χ4n) is 2.05. The van der Waals surface area contributed by atoms with Crippen LogP contribution < -0.4 is 5.73 Å². The van der Waals surface area contributed by atoms with E-state index in [9.17, 15) is 4.39 Å². The topological polar surface area (TPSA) is 38.9 Å². The van der Waals surface area contributed by atoms with Crippen molar-refractivity contribution >= 4 is 33.3 Å². The van der Waals surface area contributed by atoms with Gasteiger partial charge < -0.3 is 5.73 Å². The molecule has 2 aromatic carbocycles. The number of rotatable bonds is 5. The third-order valence-corrected chi connectivity index (χ3v) is 5.36. The fraction of sp³-hybridized carbons (Fsp3) is 0.188. The maximum atomic E-state index is 13.5. The molecule has 3 aromatic rings. The van der Waals surface area contributed by atoms with E-state index >= 15 is 0 Å². The number of para-hydroxylation sites is 1. The summed E-state index contributed by atoms with van der Waals surface area (Å²) in [5, 5.41) is 1.04. The van der Waals surface area contributed by atoms with E-state index in [0.717, 1.165) is 16.9 Å². The predicted octanol–water partition coefficient (Wildman–Crippen LogP) is 4.10. The summed E-state index contributed by atoms with van der Waals surface area (Å²) in [6.07, 6.45) is 0.723. The Morgan fingerprint density at radius 2 is 1.90 bits per heavy atom. The van der Waals surface area contributed by atoms with Gasteiger partial charge in [0.25, 0.3) is 0 Å². The van der Waals surface area contributed by atoms with Crippen molar-refractivity contribution in [3.8, 4) is 0 Å². The summed E-state index contributed by atoms with van der Waals surface area (Å²) in [7, 11) is 0. The van der Waals surface area contributed by atoms with Gasteiger partial charge in [-0.3, -0.25) is 0 Å². The standard InChI is InChI=1S/C16H15FN2S2/c17-12-5-1-3-7-14(12)20-10-11(18)9-16-19-13-6-2-4-8-15(13)21-16/h1-8,11H,9-10,18H2. The van der Waals surface area contributed by atoms with Crippen LogP contribution in [0.4, 0.5) is 4.39 Å². The van der Waals surface area contributed by atoms with E-state index in [4.69, 9.17) is 5.73 Å². The van der Waals surface area contributed by atoms with Gasteiger partial charge in [-0.25, -0.2) is 9.37 Å². The van der Waals surface area contributed by atoms with Gasteiger partial charge in [-0.1, -0.05) is 24.3 Å². The van der Waals surface area contributed by atoms with E-state index in [1.165, 1.54) is 22.5 Å². The molecule has 2 nitrogen and oxygen atoms in total. The van der Waals surface area contributed by atoms with Gasteiger partial charge in [0.15, 0.2) is 0 Å². The molecular weight excluding hydrogens is 303 g/mol. The smallest absolute Gasteiger partial charge is 0.136 e. The van der Waals surface area contributed by atoms with E-state index in [1.807, 2.05) is 24.3 Å². The average Bonchev–Trinajstić information content (AvgIpc) is 2.88. The van der Waals surface area contributed by atoms with Gasteiger partial charge in [0.1, 0.15) is 5.82 Å². The average molecular weight is 318 g/mol. The van der Waals surface area contributed by atoms with Crippen LogP contribution >= 0.6 is 23.1 Å². The van der Waals surface area contributed by atoms with Crippen molar-refractivity contribution in [1.82, 2.24) is 4.98 Å². The number of thioether (sulfide) groups is 1. The maximum Gasteiger partial charge on any atom is 0.136 e. The first-order valence-electron chi connectivity index (χ1n) is 6.70. The number of halogens is 1. The van der Waals surface area contributed by atoms with E-state index in [2.05, 4.69) is 11.1 Å². The zero-order valence-corrected chi connectivity index (χ0v) is 13.0. The van der Waals surface area contributed by atoms with Crippen LogP contribution in [0.2, 0.25) is 0 Å². The molecular formula is C16H15FN2S2. The highest BCUT2D eigenvalue weighted by Gasteiger charge is 2.10. The first-order chi connectivity index (χ1) is 10.2. The number of fused-ring (bicyclic) bond motifs is 1. The van der Waals surface area contributed by atoms with Gasteiger partial charge in [0, 0.05) is 23.1 Å². The molecule has 1 heterocycles. The van der Waals surface area contributed by atoms with Crippen molar-refractivity contribution < 1.29 is 4.39 Å². The quantitative estimate of drug-likeness (QED) is 0.720. The Balaban J connectivity index is 1.61. The van der Waals surface area contributed by atoms with Crippen LogP contribution in [-0.2, 0) is 6.42 Å². The third-order valence-electron chi connectivity index (χ3n) is 3.06. The summed E-state index contributed by atoms with van der Waals surface area (Å²) in [4.78, 5) is 5.23. The minimum absolute atomic E-state index is 0.0323. The summed E-state index contributed by atoms with van der Waals surface area (Å²) < 4.78 is 14.7. The summed E-state index contributed by atoms with van der Waals surface area (Å²) in [6.45, 7) is 0.